The van der Waals surface area contributed by atoms with E-state index in [1.54, 1.807) is 6.20 Å². The monoisotopic (exact) mass is 208 g/mol. The molecule has 2 unspecified atom stereocenters. The maximum Gasteiger partial charge on any atom is 0.0949 e. The van der Waals surface area contributed by atoms with Gasteiger partial charge >= 0.3 is 0 Å². The summed E-state index contributed by atoms with van der Waals surface area (Å²) in [7, 11) is 0. The number of rotatable bonds is 1. The summed E-state index contributed by atoms with van der Waals surface area (Å²) < 4.78 is 2.07. The highest BCUT2D eigenvalue weighted by atomic mass is 16.3. The molecule has 3 nitrogen and oxygen atoms in total. The quantitative estimate of drug-likeness (QED) is 0.770. The molecule has 1 N–H and O–H groups in total. The van der Waals surface area contributed by atoms with E-state index in [4.69, 9.17) is 0 Å². The van der Waals surface area contributed by atoms with Gasteiger partial charge in [0.25, 0.3) is 0 Å². The second-order valence-corrected chi connectivity index (χ2v) is 4.49. The summed E-state index contributed by atoms with van der Waals surface area (Å²) in [4.78, 5) is 4.06. The summed E-state index contributed by atoms with van der Waals surface area (Å²) in [5, 5.41) is 10.1. The lowest BCUT2D eigenvalue weighted by Gasteiger charge is -2.23. The SMILES string of the molecule is OC1CCCCCCCC1n1ccnc1. The Morgan fingerprint density at radius 1 is 1.07 bits per heavy atom. The van der Waals surface area contributed by atoms with Gasteiger partial charge in [-0.2, -0.15) is 0 Å². The Morgan fingerprint density at radius 3 is 2.53 bits per heavy atom. The predicted octanol–water partition coefficient (Wildman–Crippen LogP) is 2.53. The second kappa shape index (κ2) is 5.31. The third kappa shape index (κ3) is 2.81. The number of imidazole rings is 1. The Bertz CT molecular complexity index is 271. The molecule has 0 amide bonds. The minimum absolute atomic E-state index is 0.197. The Labute approximate surface area is 91.1 Å². The van der Waals surface area contributed by atoms with Crippen molar-refractivity contribution in [3.63, 3.8) is 0 Å². The number of aromatic nitrogens is 2. The van der Waals surface area contributed by atoms with Crippen LogP contribution in [0.4, 0.5) is 0 Å². The lowest BCUT2D eigenvalue weighted by atomic mass is 10.0. The van der Waals surface area contributed by atoms with Crippen molar-refractivity contribution in [2.75, 3.05) is 0 Å². The van der Waals surface area contributed by atoms with Gasteiger partial charge in [-0.1, -0.05) is 32.1 Å². The van der Waals surface area contributed by atoms with Crippen LogP contribution in [0.2, 0.25) is 0 Å². The van der Waals surface area contributed by atoms with Crippen molar-refractivity contribution in [1.82, 2.24) is 9.55 Å². The normalized spacial score (nSPS) is 29.1. The van der Waals surface area contributed by atoms with Gasteiger partial charge in [-0.15, -0.1) is 0 Å². The average Bonchev–Trinajstić information content (AvgIpc) is 2.75. The Kier molecular flexibility index (Phi) is 3.78. The molecule has 0 radical (unpaired) electrons. The molecule has 2 atom stereocenters. The molecule has 84 valence electrons. The van der Waals surface area contributed by atoms with Crippen LogP contribution >= 0.6 is 0 Å². The predicted molar refractivity (Wildman–Crippen MR) is 59.6 cm³/mol. The largest absolute Gasteiger partial charge is 0.391 e. The van der Waals surface area contributed by atoms with Gasteiger partial charge in [0.15, 0.2) is 0 Å². The van der Waals surface area contributed by atoms with Crippen LogP contribution in [-0.2, 0) is 0 Å². The summed E-state index contributed by atoms with van der Waals surface area (Å²) >= 11 is 0. The molecule has 0 spiro atoms. The van der Waals surface area contributed by atoms with Crippen LogP contribution in [-0.4, -0.2) is 20.8 Å². The maximum absolute atomic E-state index is 10.1. The topological polar surface area (TPSA) is 38.0 Å². The lowest BCUT2D eigenvalue weighted by Crippen LogP contribution is -2.23. The molecule has 1 aliphatic carbocycles. The highest BCUT2D eigenvalue weighted by Gasteiger charge is 2.20. The van der Waals surface area contributed by atoms with E-state index in [0.29, 0.717) is 0 Å². The first-order chi connectivity index (χ1) is 7.38. The van der Waals surface area contributed by atoms with Gasteiger partial charge in [-0.25, -0.2) is 4.98 Å². The standard InChI is InChI=1S/C12H20N2O/c15-12-7-5-3-1-2-4-6-11(12)14-9-8-13-10-14/h8-12,15H,1-7H2. The average molecular weight is 208 g/mol. The van der Waals surface area contributed by atoms with E-state index >= 15 is 0 Å². The van der Waals surface area contributed by atoms with E-state index < -0.39 is 0 Å². The molecule has 0 bridgehead atoms. The van der Waals surface area contributed by atoms with E-state index in [2.05, 4.69) is 9.55 Å². The first-order valence-electron chi connectivity index (χ1n) is 6.03. The molecule has 1 saturated carbocycles. The van der Waals surface area contributed by atoms with Crippen molar-refractivity contribution in [3.8, 4) is 0 Å². The lowest BCUT2D eigenvalue weighted by molar-refractivity contribution is 0.0972. The van der Waals surface area contributed by atoms with Gasteiger partial charge < -0.3 is 9.67 Å². The molecule has 0 saturated heterocycles. The molecule has 0 aliphatic heterocycles. The molecule has 15 heavy (non-hydrogen) atoms. The number of nitrogens with zero attached hydrogens (tertiary/aromatic N) is 2. The van der Waals surface area contributed by atoms with Crippen LogP contribution in [0.25, 0.3) is 0 Å². The van der Waals surface area contributed by atoms with Crippen molar-refractivity contribution < 1.29 is 5.11 Å². The van der Waals surface area contributed by atoms with Gasteiger partial charge in [0.1, 0.15) is 0 Å². The number of hydrogen-bond acceptors (Lipinski definition) is 2. The van der Waals surface area contributed by atoms with Crippen molar-refractivity contribution in [3.05, 3.63) is 18.7 Å². The molecule has 3 heteroatoms. The smallest absolute Gasteiger partial charge is 0.0949 e. The maximum atomic E-state index is 10.1. The Morgan fingerprint density at radius 2 is 1.80 bits per heavy atom. The van der Waals surface area contributed by atoms with Crippen LogP contribution in [0.1, 0.15) is 51.0 Å². The van der Waals surface area contributed by atoms with Gasteiger partial charge in [0.05, 0.1) is 18.5 Å². The zero-order chi connectivity index (χ0) is 10.5. The third-order valence-corrected chi connectivity index (χ3v) is 3.35. The molecular weight excluding hydrogens is 188 g/mol. The highest BCUT2D eigenvalue weighted by molar-refractivity contribution is 4.84. The van der Waals surface area contributed by atoms with Crippen molar-refractivity contribution >= 4 is 0 Å². The summed E-state index contributed by atoms with van der Waals surface area (Å²) in [6, 6.07) is 0.241. The minimum Gasteiger partial charge on any atom is -0.391 e. The van der Waals surface area contributed by atoms with Gasteiger partial charge in [0, 0.05) is 12.4 Å². The molecule has 0 aromatic carbocycles. The van der Waals surface area contributed by atoms with Crippen LogP contribution in [0.15, 0.2) is 18.7 Å². The number of aliphatic hydroxyl groups is 1. The van der Waals surface area contributed by atoms with Gasteiger partial charge in [0.2, 0.25) is 0 Å². The fraction of sp³-hybridized carbons (Fsp3) is 0.750. The molecule has 1 aliphatic rings. The van der Waals surface area contributed by atoms with E-state index in [9.17, 15) is 5.11 Å². The minimum atomic E-state index is -0.197. The molecule has 1 fully saturated rings. The second-order valence-electron chi connectivity index (χ2n) is 4.49. The van der Waals surface area contributed by atoms with Gasteiger partial charge in [-0.3, -0.25) is 0 Å². The number of aliphatic hydroxyl groups excluding tert-OH is 1. The van der Waals surface area contributed by atoms with E-state index in [-0.39, 0.29) is 12.1 Å². The summed E-state index contributed by atoms with van der Waals surface area (Å²) in [5.74, 6) is 0. The van der Waals surface area contributed by atoms with Crippen LogP contribution in [0.3, 0.4) is 0 Å². The number of hydrogen-bond donors (Lipinski definition) is 1. The fourth-order valence-electron chi connectivity index (χ4n) is 2.44. The molecule has 2 rings (SSSR count). The first-order valence-corrected chi connectivity index (χ1v) is 6.03. The molecule has 1 aromatic heterocycles. The molecule has 1 heterocycles. The summed E-state index contributed by atoms with van der Waals surface area (Å²) in [6.07, 6.45) is 13.7. The van der Waals surface area contributed by atoms with E-state index in [1.165, 1.54) is 25.7 Å². The first kappa shape index (κ1) is 10.7. The fourth-order valence-corrected chi connectivity index (χ4v) is 2.44. The van der Waals surface area contributed by atoms with Crippen LogP contribution in [0.5, 0.6) is 0 Å². The zero-order valence-electron chi connectivity index (χ0n) is 9.18. The summed E-state index contributed by atoms with van der Waals surface area (Å²) in [6.45, 7) is 0. The van der Waals surface area contributed by atoms with Crippen LogP contribution < -0.4 is 0 Å². The van der Waals surface area contributed by atoms with Crippen molar-refractivity contribution in [1.29, 1.82) is 0 Å². The summed E-state index contributed by atoms with van der Waals surface area (Å²) in [5.41, 5.74) is 0. The molecule has 1 aromatic rings. The Hall–Kier alpha value is -0.830. The highest BCUT2D eigenvalue weighted by Crippen LogP contribution is 2.25. The van der Waals surface area contributed by atoms with E-state index in [0.717, 1.165) is 19.3 Å². The zero-order valence-corrected chi connectivity index (χ0v) is 9.18. The Balaban J connectivity index is 2.04. The van der Waals surface area contributed by atoms with Crippen molar-refractivity contribution in [2.45, 2.75) is 57.1 Å². The van der Waals surface area contributed by atoms with Crippen molar-refractivity contribution in [2.24, 2.45) is 0 Å². The molecular formula is C12H20N2O. The van der Waals surface area contributed by atoms with E-state index in [1.807, 2.05) is 12.5 Å². The van der Waals surface area contributed by atoms with Gasteiger partial charge in [-0.05, 0) is 12.8 Å². The van der Waals surface area contributed by atoms with Crippen LogP contribution in [0, 0.1) is 0 Å². The third-order valence-electron chi connectivity index (χ3n) is 3.35.